The Balaban J connectivity index is 1.56. The van der Waals surface area contributed by atoms with Crippen molar-refractivity contribution in [1.82, 2.24) is 10.2 Å². The lowest BCUT2D eigenvalue weighted by atomic mass is 10.2. The van der Waals surface area contributed by atoms with Crippen LogP contribution < -0.4 is 14.8 Å². The second kappa shape index (κ2) is 6.64. The minimum atomic E-state index is -0.376. The Morgan fingerprint density at radius 3 is 2.81 bits per heavy atom. The highest BCUT2D eigenvalue weighted by atomic mass is 35.5. The molecule has 0 saturated heterocycles. The van der Waals surface area contributed by atoms with Gasteiger partial charge >= 0.3 is 0 Å². The molecule has 4 rings (SSSR count). The van der Waals surface area contributed by atoms with E-state index in [0.29, 0.717) is 32.7 Å². The molecule has 1 aliphatic rings. The molecule has 0 unspecified atom stereocenters. The largest absolute Gasteiger partial charge is 0.506 e. The Hall–Kier alpha value is -2.55. The molecule has 0 aliphatic carbocycles. The van der Waals surface area contributed by atoms with E-state index < -0.39 is 0 Å². The van der Waals surface area contributed by atoms with E-state index in [4.69, 9.17) is 32.7 Å². The van der Waals surface area contributed by atoms with Crippen molar-refractivity contribution in [3.63, 3.8) is 0 Å². The van der Waals surface area contributed by atoms with E-state index in [1.807, 2.05) is 0 Å². The van der Waals surface area contributed by atoms with Gasteiger partial charge in [-0.25, -0.2) is 0 Å². The number of ether oxygens (including phenoxy) is 2. The number of hydrogen-bond donors (Lipinski definition) is 2. The van der Waals surface area contributed by atoms with E-state index in [1.165, 1.54) is 12.1 Å². The molecule has 0 fully saturated rings. The summed E-state index contributed by atoms with van der Waals surface area (Å²) in [5.74, 6) is 0.572. The van der Waals surface area contributed by atoms with Gasteiger partial charge in [0.2, 0.25) is 11.9 Å². The number of aromatic hydroxyl groups is 1. The first-order valence-electron chi connectivity index (χ1n) is 7.24. The molecule has 0 spiro atoms. The van der Waals surface area contributed by atoms with Gasteiger partial charge in [-0.2, -0.15) is 0 Å². The molecule has 1 aromatic heterocycles. The van der Waals surface area contributed by atoms with E-state index in [2.05, 4.69) is 15.5 Å². The van der Waals surface area contributed by atoms with E-state index in [0.717, 1.165) is 11.3 Å². The van der Waals surface area contributed by atoms with Crippen LogP contribution in [0.25, 0.3) is 10.6 Å². The predicted molar refractivity (Wildman–Crippen MR) is 97.5 cm³/mol. The first-order chi connectivity index (χ1) is 12.5. The second-order valence-corrected chi connectivity index (χ2v) is 7.04. The summed E-state index contributed by atoms with van der Waals surface area (Å²) in [6.45, 7) is 0.131. The number of halogens is 2. The van der Waals surface area contributed by atoms with E-state index in [1.54, 1.807) is 18.2 Å². The minimum absolute atomic E-state index is 0.105. The molecule has 0 radical (unpaired) electrons. The molecule has 3 aromatic rings. The third kappa shape index (κ3) is 3.14. The number of nitrogens with one attached hydrogen (secondary N) is 1. The predicted octanol–water partition coefficient (Wildman–Crippen LogP) is 4.20. The van der Waals surface area contributed by atoms with Gasteiger partial charge in [0.15, 0.2) is 16.5 Å². The number of benzene rings is 2. The van der Waals surface area contributed by atoms with Gasteiger partial charge in [0.1, 0.15) is 5.75 Å². The Labute approximate surface area is 161 Å². The molecule has 7 nitrogen and oxygen atoms in total. The number of nitrogens with zero attached hydrogens (tertiary/aromatic N) is 2. The van der Waals surface area contributed by atoms with Gasteiger partial charge in [-0.15, -0.1) is 10.2 Å². The number of phenols is 1. The molecule has 1 amide bonds. The molecule has 0 atom stereocenters. The van der Waals surface area contributed by atoms with Gasteiger partial charge in [-0.3, -0.25) is 10.1 Å². The molecular weight excluding hydrogens is 401 g/mol. The number of aromatic nitrogens is 2. The summed E-state index contributed by atoms with van der Waals surface area (Å²) in [7, 11) is 0. The lowest BCUT2D eigenvalue weighted by Crippen LogP contribution is -2.11. The maximum atomic E-state index is 12.4. The summed E-state index contributed by atoms with van der Waals surface area (Å²) in [4.78, 5) is 12.4. The Morgan fingerprint density at radius 2 is 1.96 bits per heavy atom. The standard InChI is InChI=1S/C16H9Cl2N3O4S/c17-8-4-9(13(22)10(18)5-8)15-20-21-16(26-15)19-14(23)7-1-2-11-12(3-7)25-6-24-11/h1-5,22H,6H2,(H,19,21,23). The van der Waals surface area contributed by atoms with Crippen LogP contribution in [0.3, 0.4) is 0 Å². The highest BCUT2D eigenvalue weighted by molar-refractivity contribution is 7.18. The maximum absolute atomic E-state index is 12.4. The first kappa shape index (κ1) is 16.9. The number of fused-ring (bicyclic) bond motifs is 1. The van der Waals surface area contributed by atoms with Crippen LogP contribution in [0.4, 0.5) is 5.13 Å². The van der Waals surface area contributed by atoms with Crippen LogP contribution in [-0.2, 0) is 0 Å². The van der Waals surface area contributed by atoms with Crippen LogP contribution in [0.5, 0.6) is 17.2 Å². The zero-order chi connectivity index (χ0) is 18.3. The van der Waals surface area contributed by atoms with Gasteiger partial charge in [-0.05, 0) is 30.3 Å². The number of phenolic OH excluding ortho intramolecular Hbond substituents is 1. The van der Waals surface area contributed by atoms with Crippen LogP contribution >= 0.6 is 34.5 Å². The van der Waals surface area contributed by atoms with Crippen molar-refractivity contribution in [1.29, 1.82) is 0 Å². The van der Waals surface area contributed by atoms with Crippen molar-refractivity contribution < 1.29 is 19.4 Å². The second-order valence-electron chi connectivity index (χ2n) is 5.22. The van der Waals surface area contributed by atoms with Crippen molar-refractivity contribution in [2.75, 3.05) is 12.1 Å². The Bertz CT molecular complexity index is 1020. The number of amides is 1. The van der Waals surface area contributed by atoms with E-state index in [9.17, 15) is 9.90 Å². The van der Waals surface area contributed by atoms with E-state index in [-0.39, 0.29) is 28.6 Å². The number of carbonyl (C=O) groups is 1. The summed E-state index contributed by atoms with van der Waals surface area (Å²) >= 11 is 13.0. The number of carbonyl (C=O) groups excluding carboxylic acids is 1. The molecule has 10 heteroatoms. The molecule has 0 saturated carbocycles. The third-order valence-electron chi connectivity index (χ3n) is 3.54. The van der Waals surface area contributed by atoms with Crippen molar-refractivity contribution in [2.24, 2.45) is 0 Å². The Kier molecular flexibility index (Phi) is 4.31. The first-order valence-corrected chi connectivity index (χ1v) is 8.81. The molecule has 2 aromatic carbocycles. The lowest BCUT2D eigenvalue weighted by molar-refractivity contribution is 0.102. The summed E-state index contributed by atoms with van der Waals surface area (Å²) in [6, 6.07) is 7.81. The normalized spacial score (nSPS) is 12.2. The summed E-state index contributed by atoms with van der Waals surface area (Å²) in [5.41, 5.74) is 0.725. The highest BCUT2D eigenvalue weighted by Gasteiger charge is 2.19. The van der Waals surface area contributed by atoms with E-state index >= 15 is 0 Å². The molecule has 132 valence electrons. The fraction of sp³-hybridized carbons (Fsp3) is 0.0625. The van der Waals surface area contributed by atoms with Crippen molar-refractivity contribution in [3.05, 3.63) is 45.9 Å². The zero-order valence-electron chi connectivity index (χ0n) is 12.8. The fourth-order valence-corrected chi connectivity index (χ4v) is 3.57. The lowest BCUT2D eigenvalue weighted by Gasteiger charge is -2.03. The van der Waals surface area contributed by atoms with Crippen LogP contribution in [0.2, 0.25) is 10.0 Å². The molecule has 26 heavy (non-hydrogen) atoms. The van der Waals surface area contributed by atoms with Crippen molar-refractivity contribution >= 4 is 45.6 Å². The Morgan fingerprint density at radius 1 is 1.15 bits per heavy atom. The number of rotatable bonds is 3. The topological polar surface area (TPSA) is 93.6 Å². The quantitative estimate of drug-likeness (QED) is 0.672. The van der Waals surface area contributed by atoms with Crippen LogP contribution in [0.15, 0.2) is 30.3 Å². The van der Waals surface area contributed by atoms with Crippen molar-refractivity contribution in [3.8, 4) is 27.8 Å². The molecular formula is C16H9Cl2N3O4S. The third-order valence-corrected chi connectivity index (χ3v) is 4.92. The summed E-state index contributed by atoms with van der Waals surface area (Å²) < 4.78 is 10.5. The van der Waals surface area contributed by atoms with Gasteiger partial charge in [0, 0.05) is 10.6 Å². The number of anilines is 1. The monoisotopic (exact) mass is 409 g/mol. The van der Waals surface area contributed by atoms with Gasteiger partial charge in [-0.1, -0.05) is 34.5 Å². The fourth-order valence-electron chi connectivity index (χ4n) is 2.32. The molecule has 0 bridgehead atoms. The molecule has 1 aliphatic heterocycles. The van der Waals surface area contributed by atoms with Gasteiger partial charge in [0.25, 0.3) is 5.91 Å². The summed E-state index contributed by atoms with van der Waals surface area (Å²) in [5, 5.41) is 21.7. The highest BCUT2D eigenvalue weighted by Crippen LogP contribution is 2.40. The van der Waals surface area contributed by atoms with Crippen LogP contribution in [-0.4, -0.2) is 28.0 Å². The SMILES string of the molecule is O=C(Nc1nnc(-c2cc(Cl)cc(Cl)c2O)s1)c1ccc2c(c1)OCO2. The van der Waals surface area contributed by atoms with Gasteiger partial charge < -0.3 is 14.6 Å². The molecule has 2 N–H and O–H groups in total. The number of hydrogen-bond acceptors (Lipinski definition) is 7. The summed E-state index contributed by atoms with van der Waals surface area (Å²) in [6.07, 6.45) is 0. The average Bonchev–Trinajstić information content (AvgIpc) is 3.26. The maximum Gasteiger partial charge on any atom is 0.257 e. The average molecular weight is 410 g/mol. The minimum Gasteiger partial charge on any atom is -0.506 e. The van der Waals surface area contributed by atoms with Crippen LogP contribution in [0.1, 0.15) is 10.4 Å². The zero-order valence-corrected chi connectivity index (χ0v) is 15.2. The molecule has 2 heterocycles. The van der Waals surface area contributed by atoms with Gasteiger partial charge in [0.05, 0.1) is 10.6 Å². The van der Waals surface area contributed by atoms with Crippen LogP contribution in [0, 0.1) is 0 Å². The van der Waals surface area contributed by atoms with Crippen molar-refractivity contribution in [2.45, 2.75) is 0 Å². The smallest absolute Gasteiger partial charge is 0.257 e.